The van der Waals surface area contributed by atoms with Crippen LogP contribution in [0, 0.1) is 5.41 Å². The highest BCUT2D eigenvalue weighted by Crippen LogP contribution is 2.27. The fourth-order valence-corrected chi connectivity index (χ4v) is 2.19. The maximum Gasteiger partial charge on any atom is 0.229 e. The average Bonchev–Trinajstić information content (AvgIpc) is 2.47. The van der Waals surface area contributed by atoms with Gasteiger partial charge in [0, 0.05) is 11.9 Å². The van der Waals surface area contributed by atoms with Gasteiger partial charge in [-0.25, -0.2) is 4.98 Å². The van der Waals surface area contributed by atoms with Gasteiger partial charge in [-0.3, -0.25) is 0 Å². The Hall–Kier alpha value is -1.66. The van der Waals surface area contributed by atoms with E-state index in [1.54, 1.807) is 6.20 Å². The van der Waals surface area contributed by atoms with Gasteiger partial charge in [0.25, 0.3) is 0 Å². The Labute approximate surface area is 139 Å². The number of benzene rings is 1. The number of anilines is 3. The highest BCUT2D eigenvalue weighted by molar-refractivity contribution is 9.10. The maximum absolute atomic E-state index is 9.58. The zero-order chi connectivity index (χ0) is 16.2. The number of nitrogens with zero attached hydrogens (tertiary/aromatic N) is 2. The van der Waals surface area contributed by atoms with Gasteiger partial charge in [-0.05, 0) is 33.5 Å². The Bertz CT molecular complexity index is 613. The smallest absolute Gasteiger partial charge is 0.229 e. The van der Waals surface area contributed by atoms with E-state index in [1.807, 2.05) is 30.3 Å². The molecule has 0 radical (unpaired) electrons. The van der Waals surface area contributed by atoms with Crippen molar-refractivity contribution in [3.05, 3.63) is 41.0 Å². The van der Waals surface area contributed by atoms with Crippen LogP contribution < -0.4 is 10.6 Å². The number of aliphatic hydroxyl groups is 1. The van der Waals surface area contributed by atoms with Crippen LogP contribution in [0.15, 0.2) is 41.0 Å². The molecule has 1 aromatic carbocycles. The summed E-state index contributed by atoms with van der Waals surface area (Å²) in [6, 6.07) is 9.64. The van der Waals surface area contributed by atoms with Gasteiger partial charge in [-0.2, -0.15) is 4.98 Å². The fourth-order valence-electron chi connectivity index (χ4n) is 1.88. The third-order valence-corrected chi connectivity index (χ3v) is 3.89. The van der Waals surface area contributed by atoms with E-state index in [0.717, 1.165) is 10.2 Å². The van der Waals surface area contributed by atoms with E-state index in [1.165, 1.54) is 0 Å². The third kappa shape index (κ3) is 4.42. The van der Waals surface area contributed by atoms with Crippen molar-refractivity contribution in [1.29, 1.82) is 0 Å². The summed E-state index contributed by atoms with van der Waals surface area (Å²) in [6.45, 7) is 6.23. The zero-order valence-corrected chi connectivity index (χ0v) is 14.6. The van der Waals surface area contributed by atoms with Crippen LogP contribution in [0.2, 0.25) is 0 Å². The topological polar surface area (TPSA) is 70.1 Å². The lowest BCUT2D eigenvalue weighted by Crippen LogP contribution is -2.37. The van der Waals surface area contributed by atoms with E-state index in [-0.39, 0.29) is 18.1 Å². The summed E-state index contributed by atoms with van der Waals surface area (Å²) in [4.78, 5) is 8.74. The Morgan fingerprint density at radius 2 is 1.91 bits per heavy atom. The van der Waals surface area contributed by atoms with Crippen LogP contribution in [0.5, 0.6) is 0 Å². The van der Waals surface area contributed by atoms with Crippen LogP contribution >= 0.6 is 15.9 Å². The summed E-state index contributed by atoms with van der Waals surface area (Å²) in [7, 11) is 0. The van der Waals surface area contributed by atoms with E-state index in [2.05, 4.69) is 57.3 Å². The molecule has 2 rings (SSSR count). The molecular formula is C16H21BrN4O. The molecule has 0 bridgehead atoms. The Morgan fingerprint density at radius 1 is 1.23 bits per heavy atom. The molecule has 0 aliphatic heterocycles. The predicted octanol–water partition coefficient (Wildman–Crippen LogP) is 3.80. The molecule has 1 aromatic heterocycles. The van der Waals surface area contributed by atoms with Gasteiger partial charge in [-0.15, -0.1) is 0 Å². The summed E-state index contributed by atoms with van der Waals surface area (Å²) in [5.74, 6) is 1.16. The van der Waals surface area contributed by atoms with Crippen molar-refractivity contribution in [3.63, 3.8) is 0 Å². The first-order chi connectivity index (χ1) is 10.4. The van der Waals surface area contributed by atoms with Gasteiger partial charge in [0.2, 0.25) is 5.95 Å². The molecule has 1 atom stereocenters. The van der Waals surface area contributed by atoms with Gasteiger partial charge in [0.15, 0.2) is 0 Å². The van der Waals surface area contributed by atoms with Crippen molar-refractivity contribution in [2.24, 2.45) is 5.41 Å². The molecule has 0 aliphatic carbocycles. The second-order valence-electron chi connectivity index (χ2n) is 6.13. The zero-order valence-electron chi connectivity index (χ0n) is 13.0. The molecule has 2 aromatic rings. The maximum atomic E-state index is 9.58. The fraction of sp³-hybridized carbons (Fsp3) is 0.375. The van der Waals surface area contributed by atoms with Crippen molar-refractivity contribution in [3.8, 4) is 0 Å². The highest BCUT2D eigenvalue weighted by Gasteiger charge is 2.25. The van der Waals surface area contributed by atoms with Gasteiger partial charge in [0.05, 0.1) is 17.1 Å². The number of aliphatic hydroxyl groups excluding tert-OH is 1. The van der Waals surface area contributed by atoms with Crippen molar-refractivity contribution in [2.75, 3.05) is 17.2 Å². The van der Waals surface area contributed by atoms with Gasteiger partial charge in [0.1, 0.15) is 5.82 Å². The summed E-state index contributed by atoms with van der Waals surface area (Å²) >= 11 is 3.44. The van der Waals surface area contributed by atoms with Crippen LogP contribution in [-0.2, 0) is 0 Å². The lowest BCUT2D eigenvalue weighted by Gasteiger charge is -2.30. The third-order valence-electron chi connectivity index (χ3n) is 3.31. The first-order valence-electron chi connectivity index (χ1n) is 7.12. The first kappa shape index (κ1) is 16.7. The first-order valence-corrected chi connectivity index (χ1v) is 7.91. The van der Waals surface area contributed by atoms with Gasteiger partial charge < -0.3 is 15.7 Å². The largest absolute Gasteiger partial charge is 0.394 e. The second-order valence-corrected chi connectivity index (χ2v) is 6.98. The summed E-state index contributed by atoms with van der Waals surface area (Å²) in [5, 5.41) is 16.0. The van der Waals surface area contributed by atoms with Crippen molar-refractivity contribution < 1.29 is 5.11 Å². The molecule has 118 valence electrons. The molecule has 6 heteroatoms. The predicted molar refractivity (Wildman–Crippen MR) is 93.4 cm³/mol. The standard InChI is InChI=1S/C16H21BrN4O/c1-16(2,3)13(10-22)20-14-12(17)9-18-15(21-14)19-11-7-5-4-6-8-11/h4-9,13,22H,10H2,1-3H3,(H2,18,19,20,21)/t13-/m0/s1. The minimum atomic E-state index is -0.108. The molecule has 5 nitrogen and oxygen atoms in total. The van der Waals surface area contributed by atoms with Crippen LogP contribution in [-0.4, -0.2) is 27.7 Å². The summed E-state index contributed by atoms with van der Waals surface area (Å²) < 4.78 is 0.758. The van der Waals surface area contributed by atoms with Crippen molar-refractivity contribution in [1.82, 2.24) is 9.97 Å². The molecular weight excluding hydrogens is 344 g/mol. The Balaban J connectivity index is 2.20. The summed E-state index contributed by atoms with van der Waals surface area (Å²) in [6.07, 6.45) is 1.69. The molecule has 3 N–H and O–H groups in total. The number of para-hydroxylation sites is 1. The van der Waals surface area contributed by atoms with E-state index in [9.17, 15) is 5.11 Å². The normalized spacial score (nSPS) is 12.8. The van der Waals surface area contributed by atoms with E-state index >= 15 is 0 Å². The van der Waals surface area contributed by atoms with Crippen LogP contribution in [0.3, 0.4) is 0 Å². The molecule has 0 fully saturated rings. The molecule has 0 saturated heterocycles. The van der Waals surface area contributed by atoms with E-state index in [0.29, 0.717) is 11.8 Å². The molecule has 0 spiro atoms. The van der Waals surface area contributed by atoms with Crippen LogP contribution in [0.25, 0.3) is 0 Å². The number of hydrogen-bond acceptors (Lipinski definition) is 5. The minimum absolute atomic E-state index is 0.0292. The Morgan fingerprint density at radius 3 is 2.50 bits per heavy atom. The minimum Gasteiger partial charge on any atom is -0.394 e. The number of hydrogen-bond donors (Lipinski definition) is 3. The molecule has 22 heavy (non-hydrogen) atoms. The number of aromatic nitrogens is 2. The number of nitrogens with one attached hydrogen (secondary N) is 2. The molecule has 0 aliphatic rings. The lowest BCUT2D eigenvalue weighted by molar-refractivity contribution is 0.201. The van der Waals surface area contributed by atoms with Gasteiger partial charge >= 0.3 is 0 Å². The quantitative estimate of drug-likeness (QED) is 0.752. The Kier molecular flexibility index (Phi) is 5.37. The van der Waals surface area contributed by atoms with Crippen LogP contribution in [0.4, 0.5) is 17.5 Å². The van der Waals surface area contributed by atoms with E-state index in [4.69, 9.17) is 0 Å². The van der Waals surface area contributed by atoms with E-state index < -0.39 is 0 Å². The lowest BCUT2D eigenvalue weighted by atomic mass is 9.87. The van der Waals surface area contributed by atoms with Crippen molar-refractivity contribution >= 4 is 33.4 Å². The molecule has 0 unspecified atom stereocenters. The SMILES string of the molecule is CC(C)(C)[C@H](CO)Nc1nc(Nc2ccccc2)ncc1Br. The number of rotatable bonds is 5. The van der Waals surface area contributed by atoms with Crippen LogP contribution in [0.1, 0.15) is 20.8 Å². The monoisotopic (exact) mass is 364 g/mol. The number of halogens is 1. The summed E-state index contributed by atoms with van der Waals surface area (Å²) in [5.41, 5.74) is 0.830. The molecule has 0 saturated carbocycles. The van der Waals surface area contributed by atoms with Gasteiger partial charge in [-0.1, -0.05) is 39.0 Å². The highest BCUT2D eigenvalue weighted by atomic mass is 79.9. The molecule has 0 amide bonds. The van der Waals surface area contributed by atoms with Crippen molar-refractivity contribution in [2.45, 2.75) is 26.8 Å². The molecule has 1 heterocycles. The second kappa shape index (κ2) is 7.07. The average molecular weight is 365 g/mol.